The van der Waals surface area contributed by atoms with Crippen LogP contribution in [0.2, 0.25) is 0 Å². The number of hydrogen-bond donors (Lipinski definition) is 1. The van der Waals surface area contributed by atoms with Gasteiger partial charge in [-0.15, -0.1) is 0 Å². The summed E-state index contributed by atoms with van der Waals surface area (Å²) < 4.78 is 15.6. The van der Waals surface area contributed by atoms with Crippen molar-refractivity contribution < 1.29 is 28.6 Å². The third kappa shape index (κ3) is 4.28. The van der Waals surface area contributed by atoms with Crippen LogP contribution < -0.4 is 19.7 Å². The van der Waals surface area contributed by atoms with Crippen LogP contribution in [-0.4, -0.2) is 63.8 Å². The zero-order valence-corrected chi connectivity index (χ0v) is 16.8. The van der Waals surface area contributed by atoms with Crippen molar-refractivity contribution in [2.75, 3.05) is 45.9 Å². The lowest BCUT2D eigenvalue weighted by Gasteiger charge is -2.30. The predicted molar refractivity (Wildman–Crippen MR) is 106 cm³/mol. The minimum Gasteiger partial charge on any atom is -0.496 e. The number of nitrogens with one attached hydrogen (secondary N) is 1. The van der Waals surface area contributed by atoms with Gasteiger partial charge in [-0.25, -0.2) is 9.69 Å². The summed E-state index contributed by atoms with van der Waals surface area (Å²) in [4.78, 5) is 39.1. The first-order valence-electron chi connectivity index (χ1n) is 9.40. The van der Waals surface area contributed by atoms with E-state index in [2.05, 4.69) is 15.0 Å². The molecule has 0 aromatic heterocycles. The van der Waals surface area contributed by atoms with E-state index in [1.807, 2.05) is 6.07 Å². The fraction of sp³-hybridized carbons (Fsp3) is 0.450. The van der Waals surface area contributed by atoms with Crippen LogP contribution in [0.4, 0.5) is 10.5 Å². The van der Waals surface area contributed by atoms with Gasteiger partial charge in [-0.05, 0) is 31.4 Å². The molecule has 156 valence electrons. The molecular formula is C20H25N3O6. The molecule has 2 fully saturated rings. The Kier molecular flexibility index (Phi) is 6.26. The van der Waals surface area contributed by atoms with Crippen LogP contribution in [-0.2, 0) is 14.3 Å². The molecule has 1 aromatic rings. The average molecular weight is 403 g/mol. The number of urea groups is 1. The van der Waals surface area contributed by atoms with Gasteiger partial charge in [0.1, 0.15) is 23.7 Å². The molecule has 3 amide bonds. The van der Waals surface area contributed by atoms with Gasteiger partial charge in [0.15, 0.2) is 0 Å². The molecule has 0 bridgehead atoms. The third-order valence-electron chi connectivity index (χ3n) is 5.00. The van der Waals surface area contributed by atoms with Crippen molar-refractivity contribution in [1.82, 2.24) is 10.2 Å². The average Bonchev–Trinajstić information content (AvgIpc) is 3.01. The Morgan fingerprint density at radius 1 is 1.07 bits per heavy atom. The van der Waals surface area contributed by atoms with Crippen molar-refractivity contribution >= 4 is 29.7 Å². The molecule has 3 rings (SSSR count). The van der Waals surface area contributed by atoms with Gasteiger partial charge < -0.3 is 24.4 Å². The zero-order valence-electron chi connectivity index (χ0n) is 16.8. The molecule has 0 unspecified atom stereocenters. The van der Waals surface area contributed by atoms with Crippen LogP contribution in [0.1, 0.15) is 24.8 Å². The van der Waals surface area contributed by atoms with Crippen LogP contribution in [0.3, 0.4) is 0 Å². The smallest absolute Gasteiger partial charge is 0.329 e. The molecule has 2 saturated heterocycles. The highest BCUT2D eigenvalue weighted by Crippen LogP contribution is 2.37. The summed E-state index contributed by atoms with van der Waals surface area (Å²) in [6.07, 6.45) is 4.96. The van der Waals surface area contributed by atoms with Crippen LogP contribution in [0.5, 0.6) is 11.5 Å². The molecule has 2 aliphatic heterocycles. The van der Waals surface area contributed by atoms with E-state index < -0.39 is 24.5 Å². The SMILES string of the molecule is COC(=O)CN1C(=O)N/C(=C/c2cc(OC)c(N3CCCCC3)cc2OC)C1=O. The highest BCUT2D eigenvalue weighted by molar-refractivity contribution is 6.15. The second-order valence-corrected chi connectivity index (χ2v) is 6.77. The third-order valence-corrected chi connectivity index (χ3v) is 5.00. The number of piperidine rings is 1. The van der Waals surface area contributed by atoms with E-state index in [0.29, 0.717) is 17.1 Å². The molecule has 9 heteroatoms. The summed E-state index contributed by atoms with van der Waals surface area (Å²) in [6, 6.07) is 2.98. The van der Waals surface area contributed by atoms with Crippen molar-refractivity contribution in [3.63, 3.8) is 0 Å². The lowest BCUT2D eigenvalue weighted by molar-refractivity contribution is -0.143. The van der Waals surface area contributed by atoms with Gasteiger partial charge in [-0.2, -0.15) is 0 Å². The normalized spacial score (nSPS) is 18.1. The summed E-state index contributed by atoms with van der Waals surface area (Å²) in [5.41, 5.74) is 1.55. The van der Waals surface area contributed by atoms with Crippen molar-refractivity contribution in [2.45, 2.75) is 19.3 Å². The van der Waals surface area contributed by atoms with Crippen molar-refractivity contribution in [3.05, 3.63) is 23.4 Å². The Bertz CT molecular complexity index is 845. The topological polar surface area (TPSA) is 97.4 Å². The van der Waals surface area contributed by atoms with E-state index in [-0.39, 0.29) is 5.70 Å². The Hall–Kier alpha value is -3.23. The summed E-state index contributed by atoms with van der Waals surface area (Å²) in [6.45, 7) is 1.43. The van der Waals surface area contributed by atoms with E-state index >= 15 is 0 Å². The van der Waals surface area contributed by atoms with Gasteiger partial charge in [0, 0.05) is 24.7 Å². The number of imide groups is 1. The summed E-state index contributed by atoms with van der Waals surface area (Å²) in [7, 11) is 4.33. The van der Waals surface area contributed by atoms with Crippen molar-refractivity contribution in [3.8, 4) is 11.5 Å². The fourth-order valence-corrected chi connectivity index (χ4v) is 3.46. The first-order valence-corrected chi connectivity index (χ1v) is 9.40. The standard InChI is InChI=1S/C20H25N3O6/c1-27-16-11-15(22-7-5-4-6-8-22)17(28-2)10-13(16)9-14-19(25)23(20(26)21-14)12-18(24)29-3/h9-11H,4-8,12H2,1-3H3,(H,21,26)/b14-9+. The first kappa shape index (κ1) is 20.5. The maximum absolute atomic E-state index is 12.5. The highest BCUT2D eigenvalue weighted by Gasteiger charge is 2.35. The highest BCUT2D eigenvalue weighted by atomic mass is 16.5. The van der Waals surface area contributed by atoms with E-state index in [1.54, 1.807) is 20.3 Å². The molecule has 0 saturated carbocycles. The first-order chi connectivity index (χ1) is 14.0. The summed E-state index contributed by atoms with van der Waals surface area (Å²) in [5, 5.41) is 2.48. The number of carbonyl (C=O) groups excluding carboxylic acids is 3. The molecule has 0 spiro atoms. The number of anilines is 1. The largest absolute Gasteiger partial charge is 0.496 e. The molecular weight excluding hydrogens is 378 g/mol. The lowest BCUT2D eigenvalue weighted by atomic mass is 10.1. The molecule has 1 N–H and O–H groups in total. The number of carbonyl (C=O) groups is 3. The van der Waals surface area contributed by atoms with Gasteiger partial charge >= 0.3 is 12.0 Å². The number of methoxy groups -OCH3 is 3. The van der Waals surface area contributed by atoms with Crippen LogP contribution in [0.15, 0.2) is 17.8 Å². The lowest BCUT2D eigenvalue weighted by Crippen LogP contribution is -2.36. The van der Waals surface area contributed by atoms with Crippen molar-refractivity contribution in [1.29, 1.82) is 0 Å². The number of ether oxygens (including phenoxy) is 3. The van der Waals surface area contributed by atoms with Crippen LogP contribution in [0.25, 0.3) is 6.08 Å². The molecule has 2 aliphatic rings. The Balaban J connectivity index is 1.93. The molecule has 1 aromatic carbocycles. The Morgan fingerprint density at radius 2 is 1.76 bits per heavy atom. The zero-order chi connectivity index (χ0) is 21.0. The molecule has 0 aliphatic carbocycles. The molecule has 0 radical (unpaired) electrons. The molecule has 9 nitrogen and oxygen atoms in total. The quantitative estimate of drug-likeness (QED) is 0.439. The maximum atomic E-state index is 12.5. The monoisotopic (exact) mass is 403 g/mol. The number of esters is 1. The Morgan fingerprint density at radius 3 is 2.38 bits per heavy atom. The van der Waals surface area contributed by atoms with E-state index in [0.717, 1.165) is 36.5 Å². The summed E-state index contributed by atoms with van der Waals surface area (Å²) in [5.74, 6) is -0.0866. The molecule has 0 atom stereocenters. The minimum atomic E-state index is -0.681. The maximum Gasteiger partial charge on any atom is 0.329 e. The van der Waals surface area contributed by atoms with E-state index in [1.165, 1.54) is 19.6 Å². The number of hydrogen-bond acceptors (Lipinski definition) is 7. The van der Waals surface area contributed by atoms with Gasteiger partial charge in [-0.3, -0.25) is 9.59 Å². The molecule has 2 heterocycles. The number of benzene rings is 1. The summed E-state index contributed by atoms with van der Waals surface area (Å²) >= 11 is 0. The Labute approximate surface area is 169 Å². The van der Waals surface area contributed by atoms with Crippen molar-refractivity contribution in [2.24, 2.45) is 0 Å². The number of nitrogens with zero attached hydrogens (tertiary/aromatic N) is 2. The number of rotatable bonds is 6. The molecule has 29 heavy (non-hydrogen) atoms. The van der Waals surface area contributed by atoms with E-state index in [4.69, 9.17) is 9.47 Å². The fourth-order valence-electron chi connectivity index (χ4n) is 3.46. The van der Waals surface area contributed by atoms with Crippen LogP contribution >= 0.6 is 0 Å². The van der Waals surface area contributed by atoms with Gasteiger partial charge in [0.05, 0.1) is 27.0 Å². The van der Waals surface area contributed by atoms with Crippen LogP contribution in [0, 0.1) is 0 Å². The predicted octanol–water partition coefficient (Wildman–Crippen LogP) is 1.76. The van der Waals surface area contributed by atoms with Gasteiger partial charge in [0.25, 0.3) is 5.91 Å². The van der Waals surface area contributed by atoms with Gasteiger partial charge in [-0.1, -0.05) is 0 Å². The minimum absolute atomic E-state index is 0.0463. The second-order valence-electron chi connectivity index (χ2n) is 6.77. The number of amides is 3. The second kappa shape index (κ2) is 8.85. The van der Waals surface area contributed by atoms with E-state index in [9.17, 15) is 14.4 Å². The van der Waals surface area contributed by atoms with Gasteiger partial charge in [0.2, 0.25) is 0 Å².